The summed E-state index contributed by atoms with van der Waals surface area (Å²) in [5.74, 6) is 0.864. The molecule has 1 saturated heterocycles. The van der Waals surface area contributed by atoms with E-state index in [0.29, 0.717) is 17.2 Å². The van der Waals surface area contributed by atoms with Crippen molar-refractivity contribution >= 4 is 5.91 Å². The third kappa shape index (κ3) is 2.23. The van der Waals surface area contributed by atoms with Crippen LogP contribution in [0.3, 0.4) is 0 Å². The second kappa shape index (κ2) is 4.62. The smallest absolute Gasteiger partial charge is 0.225 e. The normalized spacial score (nSPS) is 29.1. The Morgan fingerprint density at radius 1 is 0.882 bits per heavy atom. The van der Waals surface area contributed by atoms with Crippen molar-refractivity contribution in [2.75, 3.05) is 13.1 Å². The number of piperidine rings is 1. The van der Waals surface area contributed by atoms with Gasteiger partial charge in [0.1, 0.15) is 0 Å². The maximum Gasteiger partial charge on any atom is 0.225 e. The first-order chi connectivity index (χ1) is 8.29. The minimum absolute atomic E-state index is 0.382. The lowest BCUT2D eigenvalue weighted by Crippen LogP contribution is -2.44. The molecule has 3 aliphatic rings. The molecular weight excluding hydrogens is 210 g/mol. The molecule has 0 radical (unpaired) electrons. The van der Waals surface area contributed by atoms with Crippen LogP contribution in [0.4, 0.5) is 0 Å². The van der Waals surface area contributed by atoms with Gasteiger partial charge in [-0.3, -0.25) is 4.79 Å². The Balaban J connectivity index is 1.55. The number of likely N-dealkylation sites (tertiary alicyclic amines) is 1. The number of nitrogens with zero attached hydrogens (tertiary/aromatic N) is 1. The van der Waals surface area contributed by atoms with Gasteiger partial charge in [0.15, 0.2) is 0 Å². The maximum atomic E-state index is 12.3. The maximum absolute atomic E-state index is 12.3. The van der Waals surface area contributed by atoms with Crippen LogP contribution < -0.4 is 0 Å². The molecular formula is C15H25NO. The number of carbonyl (C=O) groups excluding carboxylic acids is 1. The summed E-state index contributed by atoms with van der Waals surface area (Å²) in [5.41, 5.74) is 0.645. The summed E-state index contributed by atoms with van der Waals surface area (Å²) in [6, 6.07) is 0. The van der Waals surface area contributed by atoms with Crippen LogP contribution in [0.5, 0.6) is 0 Å². The third-order valence-electron chi connectivity index (χ3n) is 5.50. The minimum atomic E-state index is 0.382. The van der Waals surface area contributed by atoms with Crippen LogP contribution in [-0.2, 0) is 4.79 Å². The quantitative estimate of drug-likeness (QED) is 0.682. The lowest BCUT2D eigenvalue weighted by atomic mass is 9.77. The van der Waals surface area contributed by atoms with E-state index in [9.17, 15) is 4.79 Å². The van der Waals surface area contributed by atoms with Crippen molar-refractivity contribution < 1.29 is 4.79 Å². The lowest BCUT2D eigenvalue weighted by Gasteiger charge is -2.40. The molecule has 2 saturated carbocycles. The van der Waals surface area contributed by atoms with Gasteiger partial charge in [-0.15, -0.1) is 0 Å². The molecule has 1 spiro atoms. The van der Waals surface area contributed by atoms with Gasteiger partial charge in [-0.2, -0.15) is 0 Å². The molecule has 0 N–H and O–H groups in total. The molecule has 17 heavy (non-hydrogen) atoms. The van der Waals surface area contributed by atoms with Crippen LogP contribution in [0.25, 0.3) is 0 Å². The van der Waals surface area contributed by atoms with Gasteiger partial charge >= 0.3 is 0 Å². The van der Waals surface area contributed by atoms with Crippen molar-refractivity contribution in [1.82, 2.24) is 4.90 Å². The molecule has 2 aliphatic carbocycles. The molecule has 96 valence electrons. The van der Waals surface area contributed by atoms with E-state index in [1.807, 2.05) is 0 Å². The van der Waals surface area contributed by atoms with Crippen LogP contribution in [0.1, 0.15) is 64.2 Å². The monoisotopic (exact) mass is 235 g/mol. The highest BCUT2D eigenvalue weighted by Gasteiger charge is 2.39. The second-order valence-electron chi connectivity index (χ2n) is 6.51. The van der Waals surface area contributed by atoms with Crippen molar-refractivity contribution in [1.29, 1.82) is 0 Å². The first kappa shape index (κ1) is 11.6. The van der Waals surface area contributed by atoms with Gasteiger partial charge in [0.2, 0.25) is 5.91 Å². The van der Waals surface area contributed by atoms with Crippen LogP contribution in [0, 0.1) is 11.3 Å². The summed E-state index contributed by atoms with van der Waals surface area (Å²) in [6.45, 7) is 2.10. The Hall–Kier alpha value is -0.530. The molecule has 3 fully saturated rings. The summed E-state index contributed by atoms with van der Waals surface area (Å²) < 4.78 is 0. The molecule has 2 heteroatoms. The van der Waals surface area contributed by atoms with Gasteiger partial charge in [-0.1, -0.05) is 25.7 Å². The van der Waals surface area contributed by atoms with E-state index < -0.39 is 0 Å². The molecule has 1 heterocycles. The Morgan fingerprint density at radius 3 is 2.06 bits per heavy atom. The third-order valence-corrected chi connectivity index (χ3v) is 5.50. The largest absolute Gasteiger partial charge is 0.342 e. The van der Waals surface area contributed by atoms with Crippen molar-refractivity contribution in [3.05, 3.63) is 0 Å². The highest BCUT2D eigenvalue weighted by Crippen LogP contribution is 2.46. The fraction of sp³-hybridized carbons (Fsp3) is 0.933. The number of hydrogen-bond donors (Lipinski definition) is 0. The van der Waals surface area contributed by atoms with Gasteiger partial charge < -0.3 is 4.90 Å². The SMILES string of the molecule is O=C(C1CCCC1)N1CCC2(CCCC2)CC1. The van der Waals surface area contributed by atoms with Crippen molar-refractivity contribution in [2.45, 2.75) is 64.2 Å². The predicted molar refractivity (Wildman–Crippen MR) is 68.7 cm³/mol. The number of amides is 1. The van der Waals surface area contributed by atoms with E-state index in [-0.39, 0.29) is 0 Å². The van der Waals surface area contributed by atoms with E-state index in [1.54, 1.807) is 0 Å². The fourth-order valence-electron chi connectivity index (χ4n) is 4.26. The molecule has 1 amide bonds. The van der Waals surface area contributed by atoms with Crippen LogP contribution in [-0.4, -0.2) is 23.9 Å². The highest BCUT2D eigenvalue weighted by molar-refractivity contribution is 5.79. The van der Waals surface area contributed by atoms with E-state index in [0.717, 1.165) is 25.9 Å². The fourth-order valence-corrected chi connectivity index (χ4v) is 4.26. The van der Waals surface area contributed by atoms with E-state index in [1.165, 1.54) is 51.4 Å². The molecule has 2 nitrogen and oxygen atoms in total. The van der Waals surface area contributed by atoms with Gasteiger partial charge in [-0.25, -0.2) is 0 Å². The first-order valence-corrected chi connectivity index (χ1v) is 7.58. The Bertz CT molecular complexity index is 277. The molecule has 0 bridgehead atoms. The second-order valence-corrected chi connectivity index (χ2v) is 6.51. The molecule has 3 rings (SSSR count). The van der Waals surface area contributed by atoms with Crippen molar-refractivity contribution in [2.24, 2.45) is 11.3 Å². The summed E-state index contributed by atoms with van der Waals surface area (Å²) >= 11 is 0. The van der Waals surface area contributed by atoms with Crippen LogP contribution in [0.2, 0.25) is 0 Å². The van der Waals surface area contributed by atoms with E-state index >= 15 is 0 Å². The topological polar surface area (TPSA) is 20.3 Å². The first-order valence-electron chi connectivity index (χ1n) is 7.58. The average molecular weight is 235 g/mol. The van der Waals surface area contributed by atoms with E-state index in [4.69, 9.17) is 0 Å². The molecule has 0 aromatic rings. The Kier molecular flexibility index (Phi) is 3.14. The van der Waals surface area contributed by atoms with Gasteiger partial charge in [-0.05, 0) is 43.9 Å². The summed E-state index contributed by atoms with van der Waals surface area (Å²) in [6.07, 6.45) is 13.1. The molecule has 1 aliphatic heterocycles. The van der Waals surface area contributed by atoms with Crippen LogP contribution >= 0.6 is 0 Å². The molecule has 0 aromatic heterocycles. The summed E-state index contributed by atoms with van der Waals surface area (Å²) in [5, 5.41) is 0. The molecule has 0 aromatic carbocycles. The average Bonchev–Trinajstić information content (AvgIpc) is 3.01. The van der Waals surface area contributed by atoms with Crippen LogP contribution in [0.15, 0.2) is 0 Å². The number of carbonyl (C=O) groups is 1. The molecule has 0 unspecified atom stereocenters. The van der Waals surface area contributed by atoms with Crippen molar-refractivity contribution in [3.8, 4) is 0 Å². The highest BCUT2D eigenvalue weighted by atomic mass is 16.2. The minimum Gasteiger partial charge on any atom is -0.342 e. The number of rotatable bonds is 1. The Morgan fingerprint density at radius 2 is 1.47 bits per heavy atom. The van der Waals surface area contributed by atoms with E-state index in [2.05, 4.69) is 4.90 Å². The van der Waals surface area contributed by atoms with Gasteiger partial charge in [0, 0.05) is 19.0 Å². The standard InChI is InChI=1S/C15H25NO/c17-14(13-5-1-2-6-13)16-11-9-15(10-12-16)7-3-4-8-15/h13H,1-12H2. The predicted octanol–water partition coefficient (Wildman–Crippen LogP) is 3.36. The zero-order chi connectivity index (χ0) is 11.7. The molecule has 0 atom stereocenters. The van der Waals surface area contributed by atoms with Gasteiger partial charge in [0.05, 0.1) is 0 Å². The summed E-state index contributed by atoms with van der Waals surface area (Å²) in [4.78, 5) is 14.5. The van der Waals surface area contributed by atoms with Crippen molar-refractivity contribution in [3.63, 3.8) is 0 Å². The number of hydrogen-bond acceptors (Lipinski definition) is 1. The zero-order valence-corrected chi connectivity index (χ0v) is 10.9. The lowest BCUT2D eigenvalue weighted by molar-refractivity contribution is -0.137. The zero-order valence-electron chi connectivity index (χ0n) is 10.9. The van der Waals surface area contributed by atoms with Gasteiger partial charge in [0.25, 0.3) is 0 Å². The summed E-state index contributed by atoms with van der Waals surface area (Å²) in [7, 11) is 0. The Labute approximate surface area is 105 Å².